The number of rotatable bonds is 3. The normalized spacial score (nSPS) is 9.69. The van der Waals surface area contributed by atoms with Crippen LogP contribution in [0.4, 0.5) is 0 Å². The van der Waals surface area contributed by atoms with Gasteiger partial charge in [0.25, 0.3) is 0 Å². The van der Waals surface area contributed by atoms with Gasteiger partial charge in [0.1, 0.15) is 6.61 Å². The molecule has 0 unspecified atom stereocenters. The molecule has 0 bridgehead atoms. The first-order valence-electron chi connectivity index (χ1n) is 3.74. The molecule has 0 aliphatic rings. The second kappa shape index (κ2) is 4.21. The van der Waals surface area contributed by atoms with Crippen molar-refractivity contribution in [3.05, 3.63) is 41.4 Å². The third-order valence-corrected chi connectivity index (χ3v) is 1.92. The number of aliphatic hydroxyl groups is 1. The first-order chi connectivity index (χ1) is 6.15. The first-order valence-corrected chi connectivity index (χ1v) is 4.12. The highest BCUT2D eigenvalue weighted by atomic mass is 35.5. The molecule has 0 aromatic heterocycles. The Hall–Kier alpha value is -1.12. The van der Waals surface area contributed by atoms with E-state index in [2.05, 4.69) is 6.58 Å². The standard InChI is InChI=1S/C10H9ClO2/c1-7(10(13)6-12)8-2-4-9(11)5-3-8/h2-5,12H,1,6H2. The van der Waals surface area contributed by atoms with E-state index in [1.54, 1.807) is 24.3 Å². The molecule has 0 fully saturated rings. The zero-order valence-corrected chi connectivity index (χ0v) is 7.71. The zero-order valence-electron chi connectivity index (χ0n) is 6.96. The van der Waals surface area contributed by atoms with Gasteiger partial charge in [-0.15, -0.1) is 0 Å². The number of hydrogen-bond donors (Lipinski definition) is 1. The van der Waals surface area contributed by atoms with Gasteiger partial charge in [0.2, 0.25) is 0 Å². The van der Waals surface area contributed by atoms with Crippen molar-refractivity contribution in [1.29, 1.82) is 0 Å². The van der Waals surface area contributed by atoms with Crippen LogP contribution >= 0.6 is 11.6 Å². The molecule has 1 rings (SSSR count). The van der Waals surface area contributed by atoms with Crippen LogP contribution in [-0.2, 0) is 4.79 Å². The third kappa shape index (κ3) is 2.41. The van der Waals surface area contributed by atoms with Crippen LogP contribution in [-0.4, -0.2) is 17.5 Å². The predicted octanol–water partition coefficient (Wildman–Crippen LogP) is 1.91. The van der Waals surface area contributed by atoms with E-state index >= 15 is 0 Å². The monoisotopic (exact) mass is 196 g/mol. The van der Waals surface area contributed by atoms with Gasteiger partial charge in [0.15, 0.2) is 5.78 Å². The highest BCUT2D eigenvalue weighted by Gasteiger charge is 2.06. The average Bonchev–Trinajstić information content (AvgIpc) is 2.17. The van der Waals surface area contributed by atoms with Crippen LogP contribution in [0.3, 0.4) is 0 Å². The fourth-order valence-corrected chi connectivity index (χ4v) is 1.03. The molecule has 2 nitrogen and oxygen atoms in total. The van der Waals surface area contributed by atoms with Gasteiger partial charge in [-0.2, -0.15) is 0 Å². The Morgan fingerprint density at radius 2 is 1.92 bits per heavy atom. The molecule has 1 N–H and O–H groups in total. The Bertz CT molecular complexity index is 327. The number of hydrogen-bond acceptors (Lipinski definition) is 2. The highest BCUT2D eigenvalue weighted by Crippen LogP contribution is 2.16. The van der Waals surface area contributed by atoms with Crippen molar-refractivity contribution in [1.82, 2.24) is 0 Å². The van der Waals surface area contributed by atoms with Crippen LogP contribution in [0.1, 0.15) is 5.56 Å². The van der Waals surface area contributed by atoms with Crippen LogP contribution < -0.4 is 0 Å². The predicted molar refractivity (Wildman–Crippen MR) is 52.6 cm³/mol. The molecule has 0 amide bonds. The summed E-state index contributed by atoms with van der Waals surface area (Å²) in [6.45, 7) is 3.06. The smallest absolute Gasteiger partial charge is 0.188 e. The Morgan fingerprint density at radius 1 is 1.38 bits per heavy atom. The van der Waals surface area contributed by atoms with Gasteiger partial charge in [0, 0.05) is 10.6 Å². The number of ketones is 1. The fourth-order valence-electron chi connectivity index (χ4n) is 0.907. The molecule has 0 spiro atoms. The summed E-state index contributed by atoms with van der Waals surface area (Å²) in [5.74, 6) is -0.373. The van der Waals surface area contributed by atoms with E-state index in [-0.39, 0.29) is 5.78 Å². The second-order valence-corrected chi connectivity index (χ2v) is 3.00. The van der Waals surface area contributed by atoms with Crippen LogP contribution in [0.15, 0.2) is 30.8 Å². The van der Waals surface area contributed by atoms with Crippen LogP contribution in [0.25, 0.3) is 5.57 Å². The van der Waals surface area contributed by atoms with E-state index in [0.29, 0.717) is 16.2 Å². The summed E-state index contributed by atoms with van der Waals surface area (Å²) in [5, 5.41) is 9.19. The number of aliphatic hydroxyl groups excluding tert-OH is 1. The molecular weight excluding hydrogens is 188 g/mol. The van der Waals surface area contributed by atoms with E-state index in [1.807, 2.05) is 0 Å². The molecule has 0 aliphatic heterocycles. The van der Waals surface area contributed by atoms with Crippen LogP contribution in [0.2, 0.25) is 5.02 Å². The SMILES string of the molecule is C=C(C(=O)CO)c1ccc(Cl)cc1. The molecular formula is C10H9ClO2. The topological polar surface area (TPSA) is 37.3 Å². The summed E-state index contributed by atoms with van der Waals surface area (Å²) in [4.78, 5) is 11.0. The summed E-state index contributed by atoms with van der Waals surface area (Å²) < 4.78 is 0. The van der Waals surface area contributed by atoms with Gasteiger partial charge in [-0.25, -0.2) is 0 Å². The molecule has 0 aliphatic carbocycles. The van der Waals surface area contributed by atoms with Gasteiger partial charge in [0.05, 0.1) is 0 Å². The molecule has 0 heterocycles. The van der Waals surface area contributed by atoms with Crippen LogP contribution in [0.5, 0.6) is 0 Å². The van der Waals surface area contributed by atoms with Crippen molar-refractivity contribution in [2.45, 2.75) is 0 Å². The maximum atomic E-state index is 11.0. The first kappa shape index (κ1) is 9.96. The van der Waals surface area contributed by atoms with Gasteiger partial charge in [-0.1, -0.05) is 30.3 Å². The lowest BCUT2D eigenvalue weighted by molar-refractivity contribution is -0.116. The minimum atomic E-state index is -0.512. The summed E-state index contributed by atoms with van der Waals surface area (Å²) in [6, 6.07) is 6.73. The van der Waals surface area contributed by atoms with Gasteiger partial charge < -0.3 is 5.11 Å². The Labute approximate surface area is 81.5 Å². The lowest BCUT2D eigenvalue weighted by Gasteiger charge is -2.02. The van der Waals surface area contributed by atoms with Crippen molar-refractivity contribution in [3.8, 4) is 0 Å². The minimum absolute atomic E-state index is 0.305. The molecule has 1 aromatic carbocycles. The number of halogens is 1. The molecule has 0 saturated heterocycles. The van der Waals surface area contributed by atoms with Gasteiger partial charge >= 0.3 is 0 Å². The van der Waals surface area contributed by atoms with Crippen molar-refractivity contribution >= 4 is 23.0 Å². The Morgan fingerprint density at radius 3 is 2.38 bits per heavy atom. The largest absolute Gasteiger partial charge is 0.388 e. The lowest BCUT2D eigenvalue weighted by Crippen LogP contribution is -2.05. The molecule has 13 heavy (non-hydrogen) atoms. The Balaban J connectivity index is 2.90. The molecule has 3 heteroatoms. The number of carbonyl (C=O) groups excluding carboxylic acids is 1. The van der Waals surface area contributed by atoms with Gasteiger partial charge in [-0.05, 0) is 17.7 Å². The second-order valence-electron chi connectivity index (χ2n) is 2.57. The number of Topliss-reactive ketones (excluding diaryl/α,β-unsaturated/α-hetero) is 1. The van der Waals surface area contributed by atoms with Crippen molar-refractivity contribution < 1.29 is 9.90 Å². The Kier molecular flexibility index (Phi) is 3.23. The van der Waals surface area contributed by atoms with Crippen molar-refractivity contribution in [2.24, 2.45) is 0 Å². The summed E-state index contributed by atoms with van der Waals surface area (Å²) >= 11 is 5.67. The van der Waals surface area contributed by atoms with E-state index in [4.69, 9.17) is 16.7 Å². The third-order valence-electron chi connectivity index (χ3n) is 1.67. The fraction of sp³-hybridized carbons (Fsp3) is 0.100. The molecule has 0 radical (unpaired) electrons. The quantitative estimate of drug-likeness (QED) is 0.750. The number of benzene rings is 1. The molecule has 1 aromatic rings. The minimum Gasteiger partial charge on any atom is -0.388 e. The molecule has 0 atom stereocenters. The average molecular weight is 197 g/mol. The summed E-state index contributed by atoms with van der Waals surface area (Å²) in [6.07, 6.45) is 0. The molecule has 68 valence electrons. The lowest BCUT2D eigenvalue weighted by atomic mass is 10.0. The number of carbonyl (C=O) groups is 1. The summed E-state index contributed by atoms with van der Waals surface area (Å²) in [7, 11) is 0. The van der Waals surface area contributed by atoms with E-state index in [9.17, 15) is 4.79 Å². The molecule has 0 saturated carbocycles. The van der Waals surface area contributed by atoms with Gasteiger partial charge in [-0.3, -0.25) is 4.79 Å². The van der Waals surface area contributed by atoms with E-state index < -0.39 is 6.61 Å². The zero-order chi connectivity index (χ0) is 9.84. The van der Waals surface area contributed by atoms with Crippen molar-refractivity contribution in [3.63, 3.8) is 0 Å². The highest BCUT2D eigenvalue weighted by molar-refractivity contribution is 6.30. The van der Waals surface area contributed by atoms with E-state index in [0.717, 1.165) is 0 Å². The van der Waals surface area contributed by atoms with E-state index in [1.165, 1.54) is 0 Å². The van der Waals surface area contributed by atoms with Crippen LogP contribution in [0, 0.1) is 0 Å². The summed E-state index contributed by atoms with van der Waals surface area (Å²) in [5.41, 5.74) is 0.989. The maximum absolute atomic E-state index is 11.0. The maximum Gasteiger partial charge on any atom is 0.188 e. The van der Waals surface area contributed by atoms with Crippen molar-refractivity contribution in [2.75, 3.05) is 6.61 Å².